The lowest BCUT2D eigenvalue weighted by Gasteiger charge is -2.19. The van der Waals surface area contributed by atoms with Crippen molar-refractivity contribution in [3.63, 3.8) is 0 Å². The minimum Gasteiger partial charge on any atom is -0.508 e. The molecule has 0 spiro atoms. The zero-order valence-electron chi connectivity index (χ0n) is 12.4. The van der Waals surface area contributed by atoms with Crippen LogP contribution in [-0.4, -0.2) is 5.11 Å². The Morgan fingerprint density at radius 1 is 0.826 bits per heavy atom. The molecule has 0 bridgehead atoms. The molecular weight excluding hydrogens is 371 g/mol. The summed E-state index contributed by atoms with van der Waals surface area (Å²) in [5, 5.41) is 12.3. The summed E-state index contributed by atoms with van der Waals surface area (Å²) in [7, 11) is -0.923. The van der Waals surface area contributed by atoms with Crippen LogP contribution in [0.15, 0.2) is 83.3 Å². The molecule has 0 atom stereocenters. The van der Waals surface area contributed by atoms with Crippen LogP contribution in [0.4, 0.5) is 0 Å². The molecule has 0 amide bonds. The average Bonchev–Trinajstić information content (AvgIpc) is 2.60. The van der Waals surface area contributed by atoms with Crippen molar-refractivity contribution in [2.24, 2.45) is 0 Å². The third-order valence-electron chi connectivity index (χ3n) is 3.37. The standard InChI is InChI=1S/C19H16BrO2P/c20-16-11-12-19(21)15(13-16)14-22-23(17-7-3-1-4-8-17)18-9-5-2-6-10-18/h1-13,21H,14H2. The van der Waals surface area contributed by atoms with Gasteiger partial charge in [-0.1, -0.05) is 76.6 Å². The lowest BCUT2D eigenvalue weighted by Crippen LogP contribution is -2.13. The van der Waals surface area contributed by atoms with Crippen LogP contribution < -0.4 is 10.6 Å². The molecule has 23 heavy (non-hydrogen) atoms. The molecule has 0 fully saturated rings. The van der Waals surface area contributed by atoms with Gasteiger partial charge >= 0.3 is 0 Å². The second-order valence-electron chi connectivity index (χ2n) is 5.01. The molecule has 2 nitrogen and oxygen atoms in total. The topological polar surface area (TPSA) is 29.5 Å². The van der Waals surface area contributed by atoms with Gasteiger partial charge in [0.05, 0.1) is 14.8 Å². The molecule has 0 saturated heterocycles. The first kappa shape index (κ1) is 16.2. The van der Waals surface area contributed by atoms with E-state index in [-0.39, 0.29) is 5.75 Å². The van der Waals surface area contributed by atoms with E-state index >= 15 is 0 Å². The zero-order chi connectivity index (χ0) is 16.1. The molecule has 0 aliphatic rings. The minimum absolute atomic E-state index is 0.254. The number of halogens is 1. The number of phenolic OH excluding ortho intramolecular Hbond substituents is 1. The van der Waals surface area contributed by atoms with Crippen LogP contribution >= 0.6 is 24.1 Å². The second-order valence-corrected chi connectivity index (χ2v) is 7.81. The van der Waals surface area contributed by atoms with Crippen LogP contribution in [0.3, 0.4) is 0 Å². The van der Waals surface area contributed by atoms with E-state index < -0.39 is 8.15 Å². The van der Waals surface area contributed by atoms with E-state index in [2.05, 4.69) is 40.2 Å². The number of hydrogen-bond donors (Lipinski definition) is 1. The summed E-state index contributed by atoms with van der Waals surface area (Å²) in [6.45, 7) is 0.362. The number of aromatic hydroxyl groups is 1. The molecular formula is C19H16BrO2P. The maximum absolute atomic E-state index is 10.00. The van der Waals surface area contributed by atoms with Crippen LogP contribution in [-0.2, 0) is 11.1 Å². The van der Waals surface area contributed by atoms with E-state index in [1.165, 1.54) is 0 Å². The van der Waals surface area contributed by atoms with Crippen molar-refractivity contribution in [2.45, 2.75) is 6.61 Å². The van der Waals surface area contributed by atoms with Crippen molar-refractivity contribution in [3.05, 3.63) is 88.9 Å². The van der Waals surface area contributed by atoms with Crippen LogP contribution in [0, 0.1) is 0 Å². The first-order valence-electron chi connectivity index (χ1n) is 7.24. The highest BCUT2D eigenvalue weighted by atomic mass is 79.9. The Labute approximate surface area is 145 Å². The fourth-order valence-electron chi connectivity index (χ4n) is 2.23. The Morgan fingerprint density at radius 2 is 1.39 bits per heavy atom. The minimum atomic E-state index is -0.923. The third-order valence-corrected chi connectivity index (χ3v) is 5.79. The number of rotatable bonds is 5. The van der Waals surface area contributed by atoms with Crippen molar-refractivity contribution in [2.75, 3.05) is 0 Å². The van der Waals surface area contributed by atoms with E-state index in [1.54, 1.807) is 6.07 Å². The highest BCUT2D eigenvalue weighted by Crippen LogP contribution is 2.37. The molecule has 0 heterocycles. The smallest absolute Gasteiger partial charge is 0.121 e. The quantitative estimate of drug-likeness (QED) is 0.642. The molecule has 0 saturated carbocycles. The maximum atomic E-state index is 10.00. The molecule has 1 N–H and O–H groups in total. The van der Waals surface area contributed by atoms with E-state index in [4.69, 9.17) is 4.52 Å². The first-order valence-corrected chi connectivity index (χ1v) is 9.30. The molecule has 3 aromatic rings. The fourth-order valence-corrected chi connectivity index (χ4v) is 4.39. The summed E-state index contributed by atoms with van der Waals surface area (Å²) < 4.78 is 7.15. The Morgan fingerprint density at radius 3 is 1.96 bits per heavy atom. The van der Waals surface area contributed by atoms with E-state index in [0.29, 0.717) is 6.61 Å². The van der Waals surface area contributed by atoms with E-state index in [9.17, 15) is 5.11 Å². The summed E-state index contributed by atoms with van der Waals surface area (Å²) in [6.07, 6.45) is 0. The summed E-state index contributed by atoms with van der Waals surface area (Å²) in [6, 6.07) is 25.8. The molecule has 3 rings (SSSR count). The zero-order valence-corrected chi connectivity index (χ0v) is 14.9. The summed E-state index contributed by atoms with van der Waals surface area (Å²) in [4.78, 5) is 0. The molecule has 0 aromatic heterocycles. The van der Waals surface area contributed by atoms with Crippen LogP contribution in [0.5, 0.6) is 5.75 Å². The van der Waals surface area contributed by atoms with Crippen molar-refractivity contribution in [3.8, 4) is 5.75 Å². The van der Waals surface area contributed by atoms with E-state index in [0.717, 1.165) is 20.6 Å². The van der Waals surface area contributed by atoms with Gasteiger partial charge < -0.3 is 9.63 Å². The number of phenols is 1. The van der Waals surface area contributed by atoms with Gasteiger partial charge in [0.25, 0.3) is 0 Å². The highest BCUT2D eigenvalue weighted by Gasteiger charge is 2.15. The number of benzene rings is 3. The lowest BCUT2D eigenvalue weighted by atomic mass is 10.2. The molecule has 0 aliphatic carbocycles. The van der Waals surface area contributed by atoms with Gasteiger partial charge in [0.1, 0.15) is 5.75 Å². The molecule has 0 unspecified atom stereocenters. The normalized spacial score (nSPS) is 10.9. The van der Waals surface area contributed by atoms with Gasteiger partial charge in [0.2, 0.25) is 0 Å². The monoisotopic (exact) mass is 386 g/mol. The van der Waals surface area contributed by atoms with Gasteiger partial charge in [-0.05, 0) is 18.2 Å². The van der Waals surface area contributed by atoms with Crippen LogP contribution in [0.1, 0.15) is 5.56 Å². The average molecular weight is 387 g/mol. The Hall–Kier alpha value is -1.67. The molecule has 4 heteroatoms. The predicted octanol–water partition coefficient (Wildman–Crippen LogP) is 4.72. The predicted molar refractivity (Wildman–Crippen MR) is 99.7 cm³/mol. The molecule has 3 aromatic carbocycles. The van der Waals surface area contributed by atoms with Crippen LogP contribution in [0.25, 0.3) is 0 Å². The van der Waals surface area contributed by atoms with E-state index in [1.807, 2.05) is 48.5 Å². The van der Waals surface area contributed by atoms with Gasteiger partial charge in [0, 0.05) is 20.6 Å². The van der Waals surface area contributed by atoms with Gasteiger partial charge in [-0.3, -0.25) is 0 Å². The first-order chi connectivity index (χ1) is 11.2. The fraction of sp³-hybridized carbons (Fsp3) is 0.0526. The Balaban J connectivity index is 1.86. The van der Waals surface area contributed by atoms with Crippen molar-refractivity contribution < 1.29 is 9.63 Å². The SMILES string of the molecule is Oc1ccc(Br)cc1COP(c1ccccc1)c1ccccc1. The van der Waals surface area contributed by atoms with Gasteiger partial charge in [-0.15, -0.1) is 0 Å². The Bertz CT molecular complexity index is 723. The van der Waals surface area contributed by atoms with Gasteiger partial charge in [-0.2, -0.15) is 0 Å². The summed E-state index contributed by atoms with van der Waals surface area (Å²) in [5.41, 5.74) is 0.777. The van der Waals surface area contributed by atoms with Crippen molar-refractivity contribution in [1.29, 1.82) is 0 Å². The largest absolute Gasteiger partial charge is 0.508 e. The third kappa shape index (κ3) is 4.20. The number of hydrogen-bond acceptors (Lipinski definition) is 2. The Kier molecular flexibility index (Phi) is 5.45. The van der Waals surface area contributed by atoms with Crippen molar-refractivity contribution >= 4 is 34.7 Å². The van der Waals surface area contributed by atoms with Gasteiger partial charge in [0.15, 0.2) is 0 Å². The molecule has 116 valence electrons. The second kappa shape index (κ2) is 7.74. The van der Waals surface area contributed by atoms with Crippen LogP contribution in [0.2, 0.25) is 0 Å². The molecule has 0 radical (unpaired) electrons. The summed E-state index contributed by atoms with van der Waals surface area (Å²) in [5.74, 6) is 0.254. The highest BCUT2D eigenvalue weighted by molar-refractivity contribution is 9.10. The summed E-state index contributed by atoms with van der Waals surface area (Å²) >= 11 is 3.43. The maximum Gasteiger partial charge on any atom is 0.121 e. The van der Waals surface area contributed by atoms with Crippen molar-refractivity contribution in [1.82, 2.24) is 0 Å². The molecule has 0 aliphatic heterocycles. The van der Waals surface area contributed by atoms with Gasteiger partial charge in [-0.25, -0.2) is 0 Å². The lowest BCUT2D eigenvalue weighted by molar-refractivity contribution is 0.339.